The van der Waals surface area contributed by atoms with Crippen molar-refractivity contribution in [1.29, 1.82) is 0 Å². The monoisotopic (exact) mass is 398 g/mol. The van der Waals surface area contributed by atoms with Crippen LogP contribution in [0.25, 0.3) is 0 Å². The van der Waals surface area contributed by atoms with E-state index in [0.29, 0.717) is 18.5 Å². The molecular formula is C22H28N3O2S+. The van der Waals surface area contributed by atoms with E-state index >= 15 is 0 Å². The Morgan fingerprint density at radius 1 is 1.18 bits per heavy atom. The van der Waals surface area contributed by atoms with Crippen LogP contribution in [0.5, 0.6) is 0 Å². The molecular weight excluding hydrogens is 370 g/mol. The predicted octanol–water partition coefficient (Wildman–Crippen LogP) is 2.01. The van der Waals surface area contributed by atoms with Gasteiger partial charge in [0.05, 0.1) is 13.1 Å². The van der Waals surface area contributed by atoms with Gasteiger partial charge >= 0.3 is 0 Å². The van der Waals surface area contributed by atoms with Gasteiger partial charge in [-0.3, -0.25) is 9.59 Å². The van der Waals surface area contributed by atoms with E-state index in [1.54, 1.807) is 0 Å². The van der Waals surface area contributed by atoms with Crippen LogP contribution >= 0.6 is 11.3 Å². The zero-order valence-electron chi connectivity index (χ0n) is 16.5. The van der Waals surface area contributed by atoms with E-state index < -0.39 is 0 Å². The first-order valence-electron chi connectivity index (χ1n) is 10.1. The molecule has 0 saturated heterocycles. The SMILES string of the molecule is Cc1cccc(NC(=O)CNC(=O)C[NH+]2CCc3sccc3[C@@H]2C2CC2)c1C. The molecule has 4 rings (SSSR count). The molecule has 0 spiro atoms. The molecule has 2 heterocycles. The zero-order chi connectivity index (χ0) is 19.7. The van der Waals surface area contributed by atoms with Gasteiger partial charge < -0.3 is 15.5 Å². The van der Waals surface area contributed by atoms with E-state index in [0.717, 1.165) is 29.8 Å². The summed E-state index contributed by atoms with van der Waals surface area (Å²) < 4.78 is 0. The number of rotatable bonds is 6. The summed E-state index contributed by atoms with van der Waals surface area (Å²) in [5, 5.41) is 7.89. The number of fused-ring (bicyclic) bond motifs is 1. The quantitative estimate of drug-likeness (QED) is 0.697. The molecule has 2 atom stereocenters. The first kappa shape index (κ1) is 19.2. The van der Waals surface area contributed by atoms with Crippen molar-refractivity contribution < 1.29 is 14.5 Å². The van der Waals surface area contributed by atoms with Gasteiger partial charge in [-0.2, -0.15) is 0 Å². The Kier molecular flexibility index (Phi) is 5.51. The van der Waals surface area contributed by atoms with Crippen molar-refractivity contribution in [1.82, 2.24) is 5.32 Å². The lowest BCUT2D eigenvalue weighted by Gasteiger charge is -2.32. The van der Waals surface area contributed by atoms with Gasteiger partial charge in [-0.25, -0.2) is 0 Å². The van der Waals surface area contributed by atoms with Crippen molar-refractivity contribution in [2.24, 2.45) is 5.92 Å². The number of carbonyl (C=O) groups excluding carboxylic acids is 2. The lowest BCUT2D eigenvalue weighted by atomic mass is 9.96. The van der Waals surface area contributed by atoms with E-state index in [4.69, 9.17) is 0 Å². The molecule has 148 valence electrons. The Hall–Kier alpha value is -2.18. The second-order valence-corrected chi connectivity index (χ2v) is 9.02. The van der Waals surface area contributed by atoms with Gasteiger partial charge in [-0.1, -0.05) is 12.1 Å². The van der Waals surface area contributed by atoms with Gasteiger partial charge in [0, 0.05) is 28.5 Å². The lowest BCUT2D eigenvalue weighted by molar-refractivity contribution is -0.928. The molecule has 6 heteroatoms. The van der Waals surface area contributed by atoms with Gasteiger partial charge in [0.15, 0.2) is 6.54 Å². The number of amides is 2. The number of quaternary nitrogens is 1. The fourth-order valence-electron chi connectivity index (χ4n) is 4.22. The molecule has 0 bridgehead atoms. The molecule has 1 aromatic carbocycles. The third-order valence-corrected chi connectivity index (χ3v) is 7.03. The van der Waals surface area contributed by atoms with Crippen molar-refractivity contribution in [3.8, 4) is 0 Å². The van der Waals surface area contributed by atoms with E-state index in [1.165, 1.54) is 28.2 Å². The highest BCUT2D eigenvalue weighted by Crippen LogP contribution is 2.42. The van der Waals surface area contributed by atoms with Crippen LogP contribution in [0, 0.1) is 19.8 Å². The minimum absolute atomic E-state index is 0.0112. The van der Waals surface area contributed by atoms with Crippen LogP contribution in [0.1, 0.15) is 40.5 Å². The van der Waals surface area contributed by atoms with E-state index in [-0.39, 0.29) is 18.4 Å². The van der Waals surface area contributed by atoms with Gasteiger partial charge in [0.25, 0.3) is 5.91 Å². The minimum atomic E-state index is -0.186. The lowest BCUT2D eigenvalue weighted by Crippen LogP contribution is -3.14. The second-order valence-electron chi connectivity index (χ2n) is 8.02. The summed E-state index contributed by atoms with van der Waals surface area (Å²) in [6, 6.07) is 8.52. The first-order valence-corrected chi connectivity index (χ1v) is 10.9. The highest BCUT2D eigenvalue weighted by atomic mass is 32.1. The summed E-state index contributed by atoms with van der Waals surface area (Å²) in [5.74, 6) is 0.481. The van der Waals surface area contributed by atoms with Gasteiger partial charge in [0.1, 0.15) is 6.04 Å². The highest BCUT2D eigenvalue weighted by Gasteiger charge is 2.43. The largest absolute Gasteiger partial charge is 0.342 e. The number of thiophene rings is 1. The maximum Gasteiger partial charge on any atom is 0.275 e. The maximum atomic E-state index is 12.5. The van der Waals surface area contributed by atoms with Crippen LogP contribution in [0.15, 0.2) is 29.6 Å². The molecule has 2 aromatic rings. The smallest absolute Gasteiger partial charge is 0.275 e. The Morgan fingerprint density at radius 2 is 2.00 bits per heavy atom. The average Bonchev–Trinajstić information content (AvgIpc) is 3.39. The molecule has 1 aliphatic carbocycles. The summed E-state index contributed by atoms with van der Waals surface area (Å²) in [6.45, 7) is 5.45. The van der Waals surface area contributed by atoms with Crippen molar-refractivity contribution >= 4 is 28.8 Å². The number of anilines is 1. The normalized spacial score (nSPS) is 21.1. The number of nitrogens with one attached hydrogen (secondary N) is 3. The second kappa shape index (κ2) is 8.05. The first-order chi connectivity index (χ1) is 13.5. The standard InChI is InChI=1S/C22H27N3O2S/c1-14-4-3-5-18(15(14)2)24-20(26)12-23-21(27)13-25-10-8-19-17(9-11-28-19)22(25)16-6-7-16/h3-5,9,11,16,22H,6-8,10,12-13H2,1-2H3,(H,23,27)(H,24,26)/p+1/t22-/m0/s1. The number of benzene rings is 1. The summed E-state index contributed by atoms with van der Waals surface area (Å²) in [6.07, 6.45) is 3.58. The zero-order valence-corrected chi connectivity index (χ0v) is 17.3. The van der Waals surface area contributed by atoms with E-state index in [2.05, 4.69) is 22.1 Å². The van der Waals surface area contributed by atoms with Crippen LogP contribution in [-0.4, -0.2) is 31.4 Å². The Balaban J connectivity index is 1.31. The van der Waals surface area contributed by atoms with Gasteiger partial charge in [0.2, 0.25) is 5.91 Å². The van der Waals surface area contributed by atoms with Crippen LogP contribution in [0.2, 0.25) is 0 Å². The Morgan fingerprint density at radius 3 is 2.79 bits per heavy atom. The molecule has 1 aliphatic heterocycles. The fraction of sp³-hybridized carbons (Fsp3) is 0.455. The number of carbonyl (C=O) groups is 2. The molecule has 3 N–H and O–H groups in total. The molecule has 1 unspecified atom stereocenters. The molecule has 5 nitrogen and oxygen atoms in total. The molecule has 28 heavy (non-hydrogen) atoms. The minimum Gasteiger partial charge on any atom is -0.342 e. The molecule has 2 amide bonds. The number of aryl methyl sites for hydroxylation is 1. The van der Waals surface area contributed by atoms with Crippen LogP contribution in [0.3, 0.4) is 0 Å². The Labute approximate surface area is 170 Å². The van der Waals surface area contributed by atoms with Crippen molar-refractivity contribution in [2.45, 2.75) is 39.2 Å². The number of hydrogen-bond donors (Lipinski definition) is 3. The van der Waals surface area contributed by atoms with Crippen molar-refractivity contribution in [2.75, 3.05) is 25.0 Å². The molecule has 1 fully saturated rings. The van der Waals surface area contributed by atoms with E-state index in [1.807, 2.05) is 43.4 Å². The maximum absolute atomic E-state index is 12.5. The average molecular weight is 399 g/mol. The van der Waals surface area contributed by atoms with Crippen LogP contribution in [-0.2, 0) is 16.0 Å². The summed E-state index contributed by atoms with van der Waals surface area (Å²) >= 11 is 1.85. The van der Waals surface area contributed by atoms with Crippen molar-refractivity contribution in [3.63, 3.8) is 0 Å². The predicted molar refractivity (Wildman–Crippen MR) is 112 cm³/mol. The van der Waals surface area contributed by atoms with Crippen LogP contribution < -0.4 is 15.5 Å². The Bertz CT molecular complexity index is 888. The molecule has 2 aliphatic rings. The van der Waals surface area contributed by atoms with Gasteiger partial charge in [-0.05, 0) is 55.3 Å². The summed E-state index contributed by atoms with van der Waals surface area (Å²) in [7, 11) is 0. The fourth-order valence-corrected chi connectivity index (χ4v) is 5.15. The van der Waals surface area contributed by atoms with Crippen molar-refractivity contribution in [3.05, 3.63) is 51.2 Å². The third-order valence-electron chi connectivity index (χ3n) is 6.03. The molecule has 1 saturated carbocycles. The highest BCUT2D eigenvalue weighted by molar-refractivity contribution is 7.10. The molecule has 0 radical (unpaired) electrons. The molecule has 1 aromatic heterocycles. The van der Waals surface area contributed by atoms with E-state index in [9.17, 15) is 9.59 Å². The topological polar surface area (TPSA) is 62.6 Å². The van der Waals surface area contributed by atoms with Crippen LogP contribution in [0.4, 0.5) is 5.69 Å². The summed E-state index contributed by atoms with van der Waals surface area (Å²) in [4.78, 5) is 27.6. The summed E-state index contributed by atoms with van der Waals surface area (Å²) in [5.41, 5.74) is 4.45. The van der Waals surface area contributed by atoms with Gasteiger partial charge in [-0.15, -0.1) is 11.3 Å². The third kappa shape index (κ3) is 4.13. The number of hydrogen-bond acceptors (Lipinski definition) is 3.